The summed E-state index contributed by atoms with van der Waals surface area (Å²) in [5.41, 5.74) is 1.69. The summed E-state index contributed by atoms with van der Waals surface area (Å²) in [4.78, 5) is 0. The summed E-state index contributed by atoms with van der Waals surface area (Å²) in [5.74, 6) is 1.25. The molecule has 0 saturated carbocycles. The van der Waals surface area contributed by atoms with E-state index in [0.29, 0.717) is 25.4 Å². The molecule has 0 aromatic heterocycles. The van der Waals surface area contributed by atoms with E-state index in [0.717, 1.165) is 21.5 Å². The first-order valence-electron chi connectivity index (χ1n) is 6.30. The molecule has 0 radical (unpaired) electrons. The van der Waals surface area contributed by atoms with Crippen LogP contribution in [0.2, 0.25) is 0 Å². The van der Waals surface area contributed by atoms with Gasteiger partial charge in [0.25, 0.3) is 0 Å². The van der Waals surface area contributed by atoms with E-state index >= 15 is 0 Å². The van der Waals surface area contributed by atoms with Crippen LogP contribution in [0.3, 0.4) is 0 Å². The van der Waals surface area contributed by atoms with Crippen molar-refractivity contribution < 1.29 is 13.9 Å². The first-order chi connectivity index (χ1) is 9.74. The summed E-state index contributed by atoms with van der Waals surface area (Å²) in [5, 5.41) is 3.20. The van der Waals surface area contributed by atoms with Crippen molar-refractivity contribution in [3.05, 3.63) is 52.3 Å². The van der Waals surface area contributed by atoms with Crippen molar-refractivity contribution in [2.45, 2.75) is 6.54 Å². The van der Waals surface area contributed by atoms with E-state index in [1.54, 1.807) is 6.07 Å². The maximum Gasteiger partial charge on any atom is 0.166 e. The third kappa shape index (κ3) is 2.72. The molecule has 0 bridgehead atoms. The molecule has 0 saturated heterocycles. The number of halogens is 2. The lowest BCUT2D eigenvalue weighted by Gasteiger charge is -2.21. The van der Waals surface area contributed by atoms with E-state index in [9.17, 15) is 4.39 Å². The van der Waals surface area contributed by atoms with Crippen LogP contribution < -0.4 is 14.8 Å². The smallest absolute Gasteiger partial charge is 0.166 e. The lowest BCUT2D eigenvalue weighted by Crippen LogP contribution is -2.17. The maximum atomic E-state index is 13.2. The van der Waals surface area contributed by atoms with Crippen molar-refractivity contribution in [2.24, 2.45) is 0 Å². The Labute approximate surface area is 124 Å². The molecule has 3 nitrogen and oxygen atoms in total. The Balaban J connectivity index is 1.80. The van der Waals surface area contributed by atoms with Crippen LogP contribution in [0, 0.1) is 5.82 Å². The molecular weight excluding hydrogens is 325 g/mol. The van der Waals surface area contributed by atoms with Gasteiger partial charge < -0.3 is 14.8 Å². The molecule has 1 N–H and O–H groups in total. The number of fused-ring (bicyclic) bond motifs is 1. The van der Waals surface area contributed by atoms with Gasteiger partial charge in [-0.2, -0.15) is 0 Å². The molecule has 104 valence electrons. The van der Waals surface area contributed by atoms with E-state index in [2.05, 4.69) is 21.2 Å². The molecule has 2 aromatic rings. The van der Waals surface area contributed by atoms with E-state index in [-0.39, 0.29) is 5.82 Å². The highest BCUT2D eigenvalue weighted by Gasteiger charge is 2.15. The Morgan fingerprint density at radius 1 is 1.15 bits per heavy atom. The Kier molecular flexibility index (Phi) is 3.78. The average Bonchev–Trinajstić information content (AvgIpc) is 2.48. The second kappa shape index (κ2) is 5.71. The van der Waals surface area contributed by atoms with E-state index < -0.39 is 0 Å². The van der Waals surface area contributed by atoms with Crippen LogP contribution in [0.15, 0.2) is 40.9 Å². The van der Waals surface area contributed by atoms with Crippen LogP contribution in [0.25, 0.3) is 0 Å². The van der Waals surface area contributed by atoms with E-state index in [1.165, 1.54) is 12.1 Å². The van der Waals surface area contributed by atoms with Crippen LogP contribution in [-0.2, 0) is 6.54 Å². The van der Waals surface area contributed by atoms with Crippen molar-refractivity contribution in [3.63, 3.8) is 0 Å². The maximum absolute atomic E-state index is 13.2. The predicted octanol–water partition coefficient (Wildman–Crippen LogP) is 3.97. The number of para-hydroxylation sites is 1. The van der Waals surface area contributed by atoms with Gasteiger partial charge in [0.1, 0.15) is 19.0 Å². The van der Waals surface area contributed by atoms with Gasteiger partial charge in [0, 0.05) is 16.6 Å². The number of rotatable bonds is 3. The Morgan fingerprint density at radius 2 is 2.00 bits per heavy atom. The Bertz CT molecular complexity index is 633. The first-order valence-corrected chi connectivity index (χ1v) is 7.10. The number of hydrogen-bond acceptors (Lipinski definition) is 3. The zero-order valence-electron chi connectivity index (χ0n) is 10.7. The molecular formula is C15H13BrFNO2. The summed E-state index contributed by atoms with van der Waals surface area (Å²) < 4.78 is 25.2. The van der Waals surface area contributed by atoms with Gasteiger partial charge in [0.15, 0.2) is 11.5 Å². The number of anilines is 1. The molecule has 0 aliphatic carbocycles. The highest BCUT2D eigenvalue weighted by atomic mass is 79.9. The predicted molar refractivity (Wildman–Crippen MR) is 78.9 cm³/mol. The molecule has 2 aromatic carbocycles. The highest BCUT2D eigenvalue weighted by Crippen LogP contribution is 2.34. The third-order valence-corrected chi connectivity index (χ3v) is 3.74. The summed E-state index contributed by atoms with van der Waals surface area (Å²) in [6.07, 6.45) is 0. The zero-order valence-corrected chi connectivity index (χ0v) is 12.2. The highest BCUT2D eigenvalue weighted by molar-refractivity contribution is 9.10. The summed E-state index contributed by atoms with van der Waals surface area (Å²) >= 11 is 3.39. The first kappa shape index (κ1) is 13.2. The van der Waals surface area contributed by atoms with Crippen molar-refractivity contribution in [3.8, 4) is 11.5 Å². The summed E-state index contributed by atoms with van der Waals surface area (Å²) in [6, 6.07) is 10.3. The van der Waals surface area contributed by atoms with Crippen LogP contribution in [0.5, 0.6) is 11.5 Å². The number of nitrogens with one attached hydrogen (secondary N) is 1. The minimum absolute atomic E-state index is 0.273. The van der Waals surface area contributed by atoms with Crippen molar-refractivity contribution >= 4 is 21.6 Å². The normalized spacial score (nSPS) is 13.1. The molecule has 0 spiro atoms. The fourth-order valence-electron chi connectivity index (χ4n) is 2.10. The molecule has 1 aliphatic heterocycles. The van der Waals surface area contributed by atoms with Crippen LogP contribution >= 0.6 is 15.9 Å². The average molecular weight is 338 g/mol. The summed E-state index contributed by atoms with van der Waals surface area (Å²) in [6.45, 7) is 1.65. The quantitative estimate of drug-likeness (QED) is 0.919. The van der Waals surface area contributed by atoms with Gasteiger partial charge in [0.05, 0.1) is 5.69 Å². The van der Waals surface area contributed by atoms with Crippen molar-refractivity contribution in [2.75, 3.05) is 18.5 Å². The minimum Gasteiger partial charge on any atom is -0.486 e. The number of ether oxygens (including phenoxy) is 2. The molecule has 1 aliphatic rings. The molecule has 0 unspecified atom stereocenters. The van der Waals surface area contributed by atoms with Gasteiger partial charge in [0.2, 0.25) is 0 Å². The summed E-state index contributed by atoms with van der Waals surface area (Å²) in [7, 11) is 0. The van der Waals surface area contributed by atoms with Gasteiger partial charge >= 0.3 is 0 Å². The van der Waals surface area contributed by atoms with Gasteiger partial charge in [-0.15, -0.1) is 0 Å². The molecule has 0 amide bonds. The standard InChI is InChI=1S/C15H13BrFNO2/c16-12-5-4-11(17)8-13(12)18-9-10-2-1-3-14-15(10)20-7-6-19-14/h1-5,8,18H,6-7,9H2. The molecule has 3 rings (SSSR count). The zero-order chi connectivity index (χ0) is 13.9. The van der Waals surface area contributed by atoms with Crippen LogP contribution in [-0.4, -0.2) is 13.2 Å². The molecule has 0 atom stereocenters. The van der Waals surface area contributed by atoms with Gasteiger partial charge in [-0.3, -0.25) is 0 Å². The van der Waals surface area contributed by atoms with Crippen molar-refractivity contribution in [1.82, 2.24) is 0 Å². The second-order valence-electron chi connectivity index (χ2n) is 4.42. The molecule has 1 heterocycles. The van der Waals surface area contributed by atoms with Crippen LogP contribution in [0.4, 0.5) is 10.1 Å². The van der Waals surface area contributed by atoms with Crippen LogP contribution in [0.1, 0.15) is 5.56 Å². The van der Waals surface area contributed by atoms with Gasteiger partial charge in [-0.1, -0.05) is 12.1 Å². The fraction of sp³-hybridized carbons (Fsp3) is 0.200. The number of hydrogen-bond donors (Lipinski definition) is 1. The lowest BCUT2D eigenvalue weighted by molar-refractivity contribution is 0.170. The Morgan fingerprint density at radius 3 is 2.90 bits per heavy atom. The minimum atomic E-state index is -0.273. The van der Waals surface area contributed by atoms with Crippen molar-refractivity contribution in [1.29, 1.82) is 0 Å². The SMILES string of the molecule is Fc1ccc(Br)c(NCc2cccc3c2OCCO3)c1. The lowest BCUT2D eigenvalue weighted by atomic mass is 10.1. The monoisotopic (exact) mass is 337 g/mol. The Hall–Kier alpha value is -1.75. The van der Waals surface area contributed by atoms with E-state index in [4.69, 9.17) is 9.47 Å². The molecule has 20 heavy (non-hydrogen) atoms. The second-order valence-corrected chi connectivity index (χ2v) is 5.27. The van der Waals surface area contributed by atoms with Gasteiger partial charge in [-0.05, 0) is 40.2 Å². The fourth-order valence-corrected chi connectivity index (χ4v) is 2.48. The van der Waals surface area contributed by atoms with Gasteiger partial charge in [-0.25, -0.2) is 4.39 Å². The molecule has 5 heteroatoms. The number of benzene rings is 2. The largest absolute Gasteiger partial charge is 0.486 e. The molecule has 0 fully saturated rings. The van der Waals surface area contributed by atoms with E-state index in [1.807, 2.05) is 18.2 Å². The third-order valence-electron chi connectivity index (χ3n) is 3.05. The topological polar surface area (TPSA) is 30.5 Å².